The van der Waals surface area contributed by atoms with Crippen LogP contribution < -0.4 is 15.3 Å². The highest BCUT2D eigenvalue weighted by molar-refractivity contribution is 7.79. The van der Waals surface area contributed by atoms with Crippen LogP contribution in [0.15, 0.2) is 72.8 Å². The lowest BCUT2D eigenvalue weighted by atomic mass is 9.94. The molecule has 5 heteroatoms. The summed E-state index contributed by atoms with van der Waals surface area (Å²) in [5.41, 5.74) is 1.53. The summed E-state index contributed by atoms with van der Waals surface area (Å²) in [4.78, 5) is 0. The molecule has 31 heavy (non-hydrogen) atoms. The number of phenols is 1. The van der Waals surface area contributed by atoms with Gasteiger partial charge < -0.3 is 19.5 Å². The highest BCUT2D eigenvalue weighted by Crippen LogP contribution is 2.54. The SMILES string of the molecule is Cc1cc(O)c(O[C@@H]2CCC[C@H](P(=O)(c3ccccc3)c3ccccc3)[C@H]2O)cc1C. The van der Waals surface area contributed by atoms with Gasteiger partial charge in [0.15, 0.2) is 11.5 Å². The van der Waals surface area contributed by atoms with Crippen LogP contribution in [0.2, 0.25) is 0 Å². The van der Waals surface area contributed by atoms with Crippen LogP contribution in [0.25, 0.3) is 0 Å². The van der Waals surface area contributed by atoms with E-state index in [1.807, 2.05) is 74.5 Å². The second-order valence-corrected chi connectivity index (χ2v) is 11.4. The number of hydrogen-bond acceptors (Lipinski definition) is 4. The maximum absolute atomic E-state index is 14.7. The minimum absolute atomic E-state index is 0.0618. The van der Waals surface area contributed by atoms with Gasteiger partial charge in [-0.25, -0.2) is 0 Å². The summed E-state index contributed by atoms with van der Waals surface area (Å²) in [5.74, 6) is 0.425. The standard InChI is InChI=1S/C26H29O4P/c1-18-16-22(27)24(17-19(18)2)30-23-14-9-15-25(26(23)28)31(29,20-10-5-3-6-11-20)21-12-7-4-8-13-21/h3-8,10-13,16-17,23,25-28H,9,14-15H2,1-2H3/t23-,25+,26+/m1/s1. The first-order valence-electron chi connectivity index (χ1n) is 10.8. The van der Waals surface area contributed by atoms with E-state index < -0.39 is 25.0 Å². The maximum Gasteiger partial charge on any atom is 0.161 e. The number of phenolic OH excluding ortho intramolecular Hbond substituents is 1. The molecule has 0 amide bonds. The van der Waals surface area contributed by atoms with Crippen molar-refractivity contribution in [2.75, 3.05) is 0 Å². The third-order valence-corrected chi connectivity index (χ3v) is 9.99. The number of aliphatic hydroxyl groups excluding tert-OH is 1. The van der Waals surface area contributed by atoms with Gasteiger partial charge in [0.1, 0.15) is 19.3 Å². The second-order valence-electron chi connectivity index (χ2n) is 8.38. The molecule has 0 radical (unpaired) electrons. The lowest BCUT2D eigenvalue weighted by molar-refractivity contribution is 0.00828. The fourth-order valence-corrected chi connectivity index (χ4v) is 7.97. The predicted octanol–water partition coefficient (Wildman–Crippen LogP) is 4.68. The van der Waals surface area contributed by atoms with Gasteiger partial charge >= 0.3 is 0 Å². The third kappa shape index (κ3) is 4.15. The molecule has 1 aliphatic rings. The van der Waals surface area contributed by atoms with Crippen molar-refractivity contribution in [2.24, 2.45) is 0 Å². The molecule has 0 bridgehead atoms. The number of aryl methyl sites for hydroxylation is 2. The molecule has 0 heterocycles. The average Bonchev–Trinajstić information content (AvgIpc) is 2.79. The Balaban J connectivity index is 1.70. The molecular formula is C26H29O4P. The monoisotopic (exact) mass is 436 g/mol. The Bertz CT molecular complexity index is 1040. The van der Waals surface area contributed by atoms with E-state index in [9.17, 15) is 14.8 Å². The van der Waals surface area contributed by atoms with Crippen LogP contribution in [0.4, 0.5) is 0 Å². The van der Waals surface area contributed by atoms with Crippen LogP contribution in [0, 0.1) is 13.8 Å². The lowest BCUT2D eigenvalue weighted by Gasteiger charge is -2.39. The van der Waals surface area contributed by atoms with Crippen molar-refractivity contribution in [3.63, 3.8) is 0 Å². The Hall–Kier alpha value is -2.55. The van der Waals surface area contributed by atoms with Gasteiger partial charge in [-0.1, -0.05) is 60.7 Å². The van der Waals surface area contributed by atoms with E-state index in [4.69, 9.17) is 4.74 Å². The first-order chi connectivity index (χ1) is 14.9. The van der Waals surface area contributed by atoms with Crippen LogP contribution in [-0.4, -0.2) is 28.1 Å². The number of benzene rings is 3. The molecular weight excluding hydrogens is 407 g/mol. The molecule has 4 nitrogen and oxygen atoms in total. The largest absolute Gasteiger partial charge is 0.504 e. The van der Waals surface area contributed by atoms with Gasteiger partial charge in [0.25, 0.3) is 0 Å². The summed E-state index contributed by atoms with van der Waals surface area (Å²) < 4.78 is 20.8. The van der Waals surface area contributed by atoms with Crippen LogP contribution in [0.5, 0.6) is 11.5 Å². The fraction of sp³-hybridized carbons (Fsp3) is 0.308. The molecule has 0 spiro atoms. The molecule has 4 rings (SSSR count). The number of hydrogen-bond donors (Lipinski definition) is 2. The van der Waals surface area contributed by atoms with Crippen molar-refractivity contribution in [3.05, 3.63) is 83.9 Å². The summed E-state index contributed by atoms with van der Waals surface area (Å²) in [6.45, 7) is 3.89. The zero-order chi connectivity index (χ0) is 22.0. The van der Waals surface area contributed by atoms with Crippen molar-refractivity contribution < 1.29 is 19.5 Å². The third-order valence-electron chi connectivity index (χ3n) is 6.36. The predicted molar refractivity (Wildman–Crippen MR) is 125 cm³/mol. The topological polar surface area (TPSA) is 66.8 Å². The van der Waals surface area contributed by atoms with Gasteiger partial charge in [0, 0.05) is 16.3 Å². The van der Waals surface area contributed by atoms with Crippen LogP contribution in [0.3, 0.4) is 0 Å². The lowest BCUT2D eigenvalue weighted by Crippen LogP contribution is -2.47. The highest BCUT2D eigenvalue weighted by Gasteiger charge is 2.46. The quantitative estimate of drug-likeness (QED) is 0.570. The molecule has 3 aromatic carbocycles. The average molecular weight is 436 g/mol. The first-order valence-corrected chi connectivity index (χ1v) is 12.5. The van der Waals surface area contributed by atoms with Crippen molar-refractivity contribution in [1.82, 2.24) is 0 Å². The molecule has 1 fully saturated rings. The van der Waals surface area contributed by atoms with E-state index in [2.05, 4.69) is 0 Å². The molecule has 0 aliphatic heterocycles. The molecule has 0 aromatic heterocycles. The first kappa shape index (κ1) is 21.7. The van der Waals surface area contributed by atoms with Gasteiger partial charge in [0.05, 0.1) is 0 Å². The number of ether oxygens (including phenoxy) is 1. The maximum atomic E-state index is 14.7. The summed E-state index contributed by atoms with van der Waals surface area (Å²) in [6, 6.07) is 22.4. The van der Waals surface area contributed by atoms with Crippen LogP contribution in [0.1, 0.15) is 30.4 Å². The molecule has 3 aromatic rings. The molecule has 162 valence electrons. The van der Waals surface area contributed by atoms with E-state index in [0.29, 0.717) is 18.6 Å². The van der Waals surface area contributed by atoms with Crippen molar-refractivity contribution >= 4 is 17.8 Å². The van der Waals surface area contributed by atoms with Gasteiger partial charge in [0.2, 0.25) is 0 Å². The Morgan fingerprint density at radius 1 is 0.871 bits per heavy atom. The Kier molecular flexibility index (Phi) is 6.22. The molecule has 1 saturated carbocycles. The normalized spacial score (nSPS) is 21.6. The smallest absolute Gasteiger partial charge is 0.161 e. The van der Waals surface area contributed by atoms with E-state index in [1.165, 1.54) is 0 Å². The zero-order valence-corrected chi connectivity index (χ0v) is 18.8. The number of rotatable bonds is 5. The number of aromatic hydroxyl groups is 1. The molecule has 3 atom stereocenters. The second kappa shape index (κ2) is 8.90. The summed E-state index contributed by atoms with van der Waals surface area (Å²) >= 11 is 0. The summed E-state index contributed by atoms with van der Waals surface area (Å²) in [5, 5.41) is 23.2. The van der Waals surface area contributed by atoms with E-state index in [-0.39, 0.29) is 5.75 Å². The van der Waals surface area contributed by atoms with Crippen LogP contribution in [-0.2, 0) is 4.57 Å². The summed E-state index contributed by atoms with van der Waals surface area (Å²) in [7, 11) is -3.12. The van der Waals surface area contributed by atoms with E-state index >= 15 is 0 Å². The van der Waals surface area contributed by atoms with Crippen molar-refractivity contribution in [2.45, 2.75) is 51.0 Å². The van der Waals surface area contributed by atoms with Crippen LogP contribution >= 0.6 is 7.14 Å². The minimum atomic E-state index is -3.12. The molecule has 1 aliphatic carbocycles. The summed E-state index contributed by atoms with van der Waals surface area (Å²) in [6.07, 6.45) is 0.643. The van der Waals surface area contributed by atoms with Crippen molar-refractivity contribution in [3.8, 4) is 11.5 Å². The zero-order valence-electron chi connectivity index (χ0n) is 17.9. The fourth-order valence-electron chi connectivity index (χ4n) is 4.51. The Morgan fingerprint density at radius 3 is 2.00 bits per heavy atom. The van der Waals surface area contributed by atoms with E-state index in [1.54, 1.807) is 12.1 Å². The Labute approximate surface area is 183 Å². The van der Waals surface area contributed by atoms with E-state index in [0.717, 1.165) is 28.2 Å². The molecule has 0 saturated heterocycles. The number of aliphatic hydroxyl groups is 1. The van der Waals surface area contributed by atoms with Gasteiger partial charge in [-0.3, -0.25) is 0 Å². The highest BCUT2D eigenvalue weighted by atomic mass is 31.2. The minimum Gasteiger partial charge on any atom is -0.504 e. The van der Waals surface area contributed by atoms with Gasteiger partial charge in [-0.2, -0.15) is 0 Å². The molecule has 0 unspecified atom stereocenters. The van der Waals surface area contributed by atoms with Gasteiger partial charge in [-0.05, 0) is 56.4 Å². The molecule has 2 N–H and O–H groups in total. The van der Waals surface area contributed by atoms with Gasteiger partial charge in [-0.15, -0.1) is 0 Å². The van der Waals surface area contributed by atoms with Crippen molar-refractivity contribution in [1.29, 1.82) is 0 Å². The Morgan fingerprint density at radius 2 is 1.42 bits per heavy atom.